The summed E-state index contributed by atoms with van der Waals surface area (Å²) in [7, 11) is 0. The number of aryl methyl sites for hydroxylation is 1. The largest absolute Gasteiger partial charge is 0.457 e. The van der Waals surface area contributed by atoms with Crippen LogP contribution < -0.4 is 14.9 Å². The first-order chi connectivity index (χ1) is 20.2. The molecule has 0 saturated heterocycles. The molecule has 2 aliphatic rings. The summed E-state index contributed by atoms with van der Waals surface area (Å²) in [4.78, 5) is 19.4. The normalized spacial score (nSPS) is 16.6. The van der Waals surface area contributed by atoms with Crippen LogP contribution >= 0.6 is 34.5 Å². The smallest absolute Gasteiger partial charge is 0.416 e. The minimum absolute atomic E-state index is 0.262. The molecule has 210 valence electrons. The average molecular weight is 623 g/mol. The lowest BCUT2D eigenvalue weighted by Crippen LogP contribution is -2.38. The molecule has 5 aromatic rings. The molecule has 0 saturated carbocycles. The van der Waals surface area contributed by atoms with E-state index in [2.05, 4.69) is 6.07 Å². The van der Waals surface area contributed by atoms with Crippen molar-refractivity contribution in [3.63, 3.8) is 0 Å². The maximum Gasteiger partial charge on any atom is 0.416 e. The number of thiazole rings is 1. The summed E-state index contributed by atoms with van der Waals surface area (Å²) in [5, 5.41) is 0.945. The third-order valence-electron chi connectivity index (χ3n) is 7.50. The van der Waals surface area contributed by atoms with Crippen LogP contribution in [0.25, 0.3) is 23.1 Å². The molecule has 0 N–H and O–H groups in total. The Bertz CT molecular complexity index is 2110. The van der Waals surface area contributed by atoms with E-state index < -0.39 is 17.8 Å². The van der Waals surface area contributed by atoms with Gasteiger partial charge in [-0.1, -0.05) is 77.0 Å². The Balaban J connectivity index is 1.38. The molecule has 10 heteroatoms. The molecule has 0 amide bonds. The Labute approximate surface area is 251 Å². The van der Waals surface area contributed by atoms with E-state index in [1.54, 1.807) is 41.0 Å². The van der Waals surface area contributed by atoms with Gasteiger partial charge in [0.05, 0.1) is 21.8 Å². The molecule has 7 rings (SSSR count). The van der Waals surface area contributed by atoms with Crippen LogP contribution in [0.2, 0.25) is 10.0 Å². The number of hydrogen-bond acceptors (Lipinski definition) is 4. The first-order valence-electron chi connectivity index (χ1n) is 13.0. The Kier molecular flexibility index (Phi) is 6.53. The molecule has 3 heterocycles. The molecule has 3 aromatic carbocycles. The van der Waals surface area contributed by atoms with Crippen molar-refractivity contribution in [1.82, 2.24) is 4.57 Å². The number of rotatable bonds is 3. The zero-order valence-electron chi connectivity index (χ0n) is 21.6. The molecular weight excluding hydrogens is 604 g/mol. The molecule has 1 aliphatic heterocycles. The number of fused-ring (bicyclic) bond motifs is 3. The molecule has 2 aromatic heterocycles. The van der Waals surface area contributed by atoms with E-state index in [0.29, 0.717) is 31.6 Å². The molecule has 42 heavy (non-hydrogen) atoms. The van der Waals surface area contributed by atoms with Crippen LogP contribution in [0.5, 0.6) is 0 Å². The van der Waals surface area contributed by atoms with Gasteiger partial charge in [-0.3, -0.25) is 9.36 Å². The van der Waals surface area contributed by atoms with Gasteiger partial charge in [-0.15, -0.1) is 0 Å². The lowest BCUT2D eigenvalue weighted by molar-refractivity contribution is -0.137. The lowest BCUT2D eigenvalue weighted by Gasteiger charge is -2.31. The predicted octanol–water partition coefficient (Wildman–Crippen LogP) is 7.90. The summed E-state index contributed by atoms with van der Waals surface area (Å²) < 4.78 is 47.6. The molecule has 0 unspecified atom stereocenters. The van der Waals surface area contributed by atoms with Gasteiger partial charge >= 0.3 is 6.18 Å². The van der Waals surface area contributed by atoms with Gasteiger partial charge in [0.15, 0.2) is 4.80 Å². The summed E-state index contributed by atoms with van der Waals surface area (Å²) in [6.45, 7) is 0. The van der Waals surface area contributed by atoms with Gasteiger partial charge in [-0.05, 0) is 65.9 Å². The van der Waals surface area contributed by atoms with Crippen LogP contribution in [-0.4, -0.2) is 4.57 Å². The second-order valence-electron chi connectivity index (χ2n) is 10.1. The Morgan fingerprint density at radius 2 is 1.81 bits per heavy atom. The molecule has 0 radical (unpaired) electrons. The van der Waals surface area contributed by atoms with Gasteiger partial charge in [0.1, 0.15) is 11.5 Å². The maximum absolute atomic E-state index is 14.0. The van der Waals surface area contributed by atoms with Crippen LogP contribution in [-0.2, 0) is 12.6 Å². The van der Waals surface area contributed by atoms with Gasteiger partial charge in [0.25, 0.3) is 5.56 Å². The van der Waals surface area contributed by atoms with Gasteiger partial charge in [-0.2, -0.15) is 13.2 Å². The zero-order chi connectivity index (χ0) is 29.2. The topological polar surface area (TPSA) is 47.5 Å². The number of furan rings is 1. The predicted molar refractivity (Wildman–Crippen MR) is 158 cm³/mol. The third kappa shape index (κ3) is 4.64. The fraction of sp³-hybridized carbons (Fsp3) is 0.125. The van der Waals surface area contributed by atoms with Gasteiger partial charge in [0, 0.05) is 27.2 Å². The molecule has 0 spiro atoms. The number of benzene rings is 3. The van der Waals surface area contributed by atoms with Crippen LogP contribution in [0.3, 0.4) is 0 Å². The van der Waals surface area contributed by atoms with Crippen molar-refractivity contribution in [3.8, 4) is 11.3 Å². The Morgan fingerprint density at radius 1 is 0.976 bits per heavy atom. The van der Waals surface area contributed by atoms with E-state index >= 15 is 0 Å². The summed E-state index contributed by atoms with van der Waals surface area (Å²) >= 11 is 14.1. The van der Waals surface area contributed by atoms with Crippen molar-refractivity contribution in [1.29, 1.82) is 0 Å². The minimum atomic E-state index is -4.47. The Morgan fingerprint density at radius 3 is 2.62 bits per heavy atom. The number of halogens is 5. The summed E-state index contributed by atoms with van der Waals surface area (Å²) in [6, 6.07) is 21.0. The van der Waals surface area contributed by atoms with Gasteiger partial charge in [-0.25, -0.2) is 4.99 Å². The van der Waals surface area contributed by atoms with E-state index in [-0.39, 0.29) is 16.9 Å². The maximum atomic E-state index is 14.0. The van der Waals surface area contributed by atoms with Crippen LogP contribution in [0.1, 0.15) is 40.5 Å². The van der Waals surface area contributed by atoms with Crippen molar-refractivity contribution in [2.24, 2.45) is 4.99 Å². The van der Waals surface area contributed by atoms with E-state index in [4.69, 9.17) is 32.6 Å². The molecular formula is C32H19Cl2F3N2O2S. The van der Waals surface area contributed by atoms with E-state index in [1.165, 1.54) is 23.0 Å². The first kappa shape index (κ1) is 27.0. The highest BCUT2D eigenvalue weighted by Crippen LogP contribution is 2.43. The first-order valence-corrected chi connectivity index (χ1v) is 14.6. The fourth-order valence-electron chi connectivity index (χ4n) is 5.59. The van der Waals surface area contributed by atoms with Crippen LogP contribution in [0.4, 0.5) is 13.2 Å². The summed E-state index contributed by atoms with van der Waals surface area (Å²) in [5.41, 5.74) is 4.07. The molecule has 0 bridgehead atoms. The third-order valence-corrected chi connectivity index (χ3v) is 9.05. The molecule has 1 atom stereocenters. The van der Waals surface area contributed by atoms with Gasteiger partial charge < -0.3 is 4.42 Å². The molecule has 1 aliphatic carbocycles. The van der Waals surface area contributed by atoms with Crippen LogP contribution in [0.15, 0.2) is 98.6 Å². The lowest BCUT2D eigenvalue weighted by atomic mass is 9.83. The highest BCUT2D eigenvalue weighted by atomic mass is 35.5. The standard InChI is InChI=1S/C32H19Cl2F3N2O2S/c33-20-9-12-23(25(34)15-20)29-24-11-8-17-4-1-2-7-22(17)28(24)38-31-39(29)30(40)27(42-31)16-21-10-13-26(41-21)18-5-3-6-19(14-18)32(35,36)37/h1-7,9-10,12-16,29H,8,11H2/b27-16+/t29-/m0/s1. The molecule has 4 nitrogen and oxygen atoms in total. The van der Waals surface area contributed by atoms with Crippen molar-refractivity contribution in [2.45, 2.75) is 25.1 Å². The number of allylic oxidation sites excluding steroid dienone is 1. The SMILES string of the molecule is O=c1/c(=C\c2ccc(-c3cccc(C(F)(F)F)c3)o2)sc2n1[C@@H](c1ccc(Cl)cc1Cl)C1=C(N=2)c2ccccc2CC1. The zero-order valence-corrected chi connectivity index (χ0v) is 23.9. The van der Waals surface area contributed by atoms with Crippen molar-refractivity contribution in [3.05, 3.63) is 142 Å². The number of hydrogen-bond donors (Lipinski definition) is 0. The number of aromatic nitrogens is 1. The summed E-state index contributed by atoms with van der Waals surface area (Å²) in [5.74, 6) is 0.598. The van der Waals surface area contributed by atoms with Crippen molar-refractivity contribution >= 4 is 46.3 Å². The van der Waals surface area contributed by atoms with E-state index in [0.717, 1.165) is 41.0 Å². The minimum Gasteiger partial charge on any atom is -0.457 e. The second-order valence-corrected chi connectivity index (χ2v) is 11.9. The average Bonchev–Trinajstić information content (AvgIpc) is 3.56. The molecule has 0 fully saturated rings. The Hall–Kier alpha value is -3.85. The highest BCUT2D eigenvalue weighted by Gasteiger charge is 2.34. The van der Waals surface area contributed by atoms with Crippen molar-refractivity contribution < 1.29 is 17.6 Å². The number of alkyl halides is 3. The fourth-order valence-corrected chi connectivity index (χ4v) is 7.08. The number of nitrogens with zero attached hydrogens (tertiary/aromatic N) is 2. The van der Waals surface area contributed by atoms with E-state index in [9.17, 15) is 18.0 Å². The van der Waals surface area contributed by atoms with E-state index in [1.807, 2.05) is 24.3 Å². The van der Waals surface area contributed by atoms with Crippen molar-refractivity contribution in [2.75, 3.05) is 0 Å². The summed E-state index contributed by atoms with van der Waals surface area (Å²) in [6.07, 6.45) is -1.36. The second kappa shape index (κ2) is 10.2. The monoisotopic (exact) mass is 622 g/mol. The highest BCUT2D eigenvalue weighted by molar-refractivity contribution is 7.07. The van der Waals surface area contributed by atoms with Crippen LogP contribution in [0, 0.1) is 0 Å². The van der Waals surface area contributed by atoms with Gasteiger partial charge in [0.2, 0.25) is 0 Å². The quantitative estimate of drug-likeness (QED) is 0.205.